The van der Waals surface area contributed by atoms with Gasteiger partial charge in [-0.15, -0.1) is 0 Å². The summed E-state index contributed by atoms with van der Waals surface area (Å²) in [5.74, 6) is 1.27. The molecule has 0 fully saturated rings. The molecule has 0 aliphatic rings. The third-order valence-electron chi connectivity index (χ3n) is 2.93. The molecule has 0 aliphatic heterocycles. The highest BCUT2D eigenvalue weighted by Crippen LogP contribution is 2.06. The SMILES string of the molecule is Cc1nn(C)c(=O)c(C(=O)NCCSCCCO)c1C. The van der Waals surface area contributed by atoms with Gasteiger partial charge in [-0.2, -0.15) is 16.9 Å². The van der Waals surface area contributed by atoms with Crippen molar-refractivity contribution in [1.29, 1.82) is 0 Å². The standard InChI is InChI=1S/C13H21N3O3S/c1-9-10(2)15-16(3)13(19)11(9)12(18)14-5-8-20-7-4-6-17/h17H,4-8H2,1-3H3,(H,14,18). The van der Waals surface area contributed by atoms with Crippen molar-refractivity contribution in [3.05, 3.63) is 27.2 Å². The maximum Gasteiger partial charge on any atom is 0.279 e. The van der Waals surface area contributed by atoms with Gasteiger partial charge in [0.25, 0.3) is 11.5 Å². The van der Waals surface area contributed by atoms with Crippen molar-refractivity contribution in [3.8, 4) is 0 Å². The number of hydrogen-bond acceptors (Lipinski definition) is 5. The number of aliphatic hydroxyl groups excluding tert-OH is 1. The first-order valence-electron chi connectivity index (χ1n) is 6.50. The Labute approximate surface area is 122 Å². The van der Waals surface area contributed by atoms with Crippen molar-refractivity contribution < 1.29 is 9.90 Å². The lowest BCUT2D eigenvalue weighted by Crippen LogP contribution is -2.36. The monoisotopic (exact) mass is 299 g/mol. The van der Waals surface area contributed by atoms with Gasteiger partial charge in [-0.3, -0.25) is 9.59 Å². The molecule has 0 radical (unpaired) electrons. The Bertz CT molecular complexity index is 528. The normalized spacial score (nSPS) is 10.6. The molecule has 112 valence electrons. The maximum atomic E-state index is 12.1. The van der Waals surface area contributed by atoms with E-state index in [-0.39, 0.29) is 23.6 Å². The Morgan fingerprint density at radius 1 is 1.40 bits per heavy atom. The predicted octanol–water partition coefficient (Wildman–Crippen LogP) is 0.243. The first kappa shape index (κ1) is 16.7. The molecule has 0 unspecified atom stereocenters. The minimum Gasteiger partial charge on any atom is -0.396 e. The molecule has 1 rings (SSSR count). The summed E-state index contributed by atoms with van der Waals surface area (Å²) in [6.45, 7) is 4.19. The lowest BCUT2D eigenvalue weighted by Gasteiger charge is -2.10. The number of rotatable bonds is 7. The van der Waals surface area contributed by atoms with Gasteiger partial charge in [0.2, 0.25) is 0 Å². The Morgan fingerprint density at radius 2 is 2.10 bits per heavy atom. The molecule has 0 saturated heterocycles. The summed E-state index contributed by atoms with van der Waals surface area (Å²) in [6, 6.07) is 0. The average Bonchev–Trinajstić information content (AvgIpc) is 2.41. The van der Waals surface area contributed by atoms with Crippen LogP contribution < -0.4 is 10.9 Å². The highest BCUT2D eigenvalue weighted by Gasteiger charge is 2.17. The summed E-state index contributed by atoms with van der Waals surface area (Å²) in [6.07, 6.45) is 0.752. The van der Waals surface area contributed by atoms with Crippen molar-refractivity contribution in [2.45, 2.75) is 20.3 Å². The number of carbonyl (C=O) groups excluding carboxylic acids is 1. The number of aryl methyl sites for hydroxylation is 2. The van der Waals surface area contributed by atoms with E-state index >= 15 is 0 Å². The number of carbonyl (C=O) groups is 1. The Kier molecular flexibility index (Phi) is 6.74. The fourth-order valence-electron chi connectivity index (χ4n) is 1.71. The number of thioether (sulfide) groups is 1. The molecular weight excluding hydrogens is 278 g/mol. The maximum absolute atomic E-state index is 12.1. The lowest BCUT2D eigenvalue weighted by atomic mass is 10.1. The van der Waals surface area contributed by atoms with Crippen molar-refractivity contribution >= 4 is 17.7 Å². The fraction of sp³-hybridized carbons (Fsp3) is 0.615. The zero-order chi connectivity index (χ0) is 15.1. The van der Waals surface area contributed by atoms with E-state index in [9.17, 15) is 9.59 Å². The molecule has 2 N–H and O–H groups in total. The highest BCUT2D eigenvalue weighted by atomic mass is 32.2. The van der Waals surface area contributed by atoms with Crippen molar-refractivity contribution in [2.24, 2.45) is 7.05 Å². The first-order valence-corrected chi connectivity index (χ1v) is 7.65. The van der Waals surface area contributed by atoms with Crippen LogP contribution in [-0.2, 0) is 7.05 Å². The van der Waals surface area contributed by atoms with Gasteiger partial charge in [0.1, 0.15) is 5.56 Å². The van der Waals surface area contributed by atoms with Crippen LogP contribution in [0.1, 0.15) is 28.0 Å². The second-order valence-electron chi connectivity index (χ2n) is 4.46. The van der Waals surface area contributed by atoms with Crippen LogP contribution in [0, 0.1) is 13.8 Å². The van der Waals surface area contributed by atoms with E-state index in [2.05, 4.69) is 10.4 Å². The van der Waals surface area contributed by atoms with Crippen LogP contribution in [-0.4, -0.2) is 45.5 Å². The Hall–Kier alpha value is -1.34. The number of nitrogens with one attached hydrogen (secondary N) is 1. The highest BCUT2D eigenvalue weighted by molar-refractivity contribution is 7.99. The molecule has 6 nitrogen and oxygen atoms in total. The average molecular weight is 299 g/mol. The smallest absolute Gasteiger partial charge is 0.279 e. The Balaban J connectivity index is 2.63. The zero-order valence-corrected chi connectivity index (χ0v) is 12.9. The second-order valence-corrected chi connectivity index (χ2v) is 5.68. The van der Waals surface area contributed by atoms with E-state index in [0.29, 0.717) is 17.8 Å². The minimum absolute atomic E-state index is 0.167. The van der Waals surface area contributed by atoms with Gasteiger partial charge >= 0.3 is 0 Å². The first-order chi connectivity index (χ1) is 9.49. The lowest BCUT2D eigenvalue weighted by molar-refractivity contribution is 0.0953. The van der Waals surface area contributed by atoms with Crippen LogP contribution in [0.15, 0.2) is 4.79 Å². The van der Waals surface area contributed by atoms with Gasteiger partial charge in [-0.25, -0.2) is 4.68 Å². The van der Waals surface area contributed by atoms with Gasteiger partial charge in [-0.05, 0) is 31.6 Å². The number of amides is 1. The minimum atomic E-state index is -0.376. The number of aliphatic hydroxyl groups is 1. The van der Waals surface area contributed by atoms with Crippen LogP contribution in [0.3, 0.4) is 0 Å². The van der Waals surface area contributed by atoms with E-state index in [0.717, 1.165) is 17.9 Å². The van der Waals surface area contributed by atoms with Crippen LogP contribution in [0.4, 0.5) is 0 Å². The quantitative estimate of drug-likeness (QED) is 0.705. The van der Waals surface area contributed by atoms with E-state index in [4.69, 9.17) is 5.11 Å². The van der Waals surface area contributed by atoms with E-state index < -0.39 is 0 Å². The van der Waals surface area contributed by atoms with Crippen molar-refractivity contribution in [2.75, 3.05) is 24.7 Å². The molecule has 0 saturated carbocycles. The number of hydrogen-bond donors (Lipinski definition) is 2. The summed E-state index contributed by atoms with van der Waals surface area (Å²) in [5, 5.41) is 15.4. The van der Waals surface area contributed by atoms with Gasteiger partial charge in [-0.1, -0.05) is 0 Å². The van der Waals surface area contributed by atoms with E-state index in [1.54, 1.807) is 25.6 Å². The summed E-state index contributed by atoms with van der Waals surface area (Å²) in [5.41, 5.74) is 1.09. The molecule has 0 aromatic carbocycles. The fourth-order valence-corrected chi connectivity index (χ4v) is 2.49. The van der Waals surface area contributed by atoms with Crippen LogP contribution in [0.25, 0.3) is 0 Å². The molecule has 1 aromatic rings. The van der Waals surface area contributed by atoms with Crippen molar-refractivity contribution in [1.82, 2.24) is 15.1 Å². The molecular formula is C13H21N3O3S. The molecule has 1 heterocycles. The van der Waals surface area contributed by atoms with Gasteiger partial charge in [0, 0.05) is 26.0 Å². The summed E-state index contributed by atoms with van der Waals surface area (Å²) >= 11 is 1.66. The summed E-state index contributed by atoms with van der Waals surface area (Å²) in [7, 11) is 1.54. The molecule has 0 aliphatic carbocycles. The van der Waals surface area contributed by atoms with E-state index in [1.165, 1.54) is 11.7 Å². The summed E-state index contributed by atoms with van der Waals surface area (Å²) in [4.78, 5) is 24.0. The number of aromatic nitrogens is 2. The molecule has 0 spiro atoms. The Morgan fingerprint density at radius 3 is 2.75 bits per heavy atom. The molecule has 0 bridgehead atoms. The molecule has 20 heavy (non-hydrogen) atoms. The molecule has 7 heteroatoms. The third kappa shape index (κ3) is 4.35. The van der Waals surface area contributed by atoms with Gasteiger partial charge < -0.3 is 10.4 Å². The summed E-state index contributed by atoms with van der Waals surface area (Å²) < 4.78 is 1.19. The van der Waals surface area contributed by atoms with E-state index in [1.807, 2.05) is 0 Å². The molecule has 0 atom stereocenters. The molecule has 1 amide bonds. The number of nitrogens with zero attached hydrogens (tertiary/aromatic N) is 2. The van der Waals surface area contributed by atoms with Crippen molar-refractivity contribution in [3.63, 3.8) is 0 Å². The third-order valence-corrected chi connectivity index (χ3v) is 4.00. The molecule has 1 aromatic heterocycles. The zero-order valence-electron chi connectivity index (χ0n) is 12.1. The largest absolute Gasteiger partial charge is 0.396 e. The van der Waals surface area contributed by atoms with Gasteiger partial charge in [0.15, 0.2) is 0 Å². The van der Waals surface area contributed by atoms with Crippen LogP contribution in [0.5, 0.6) is 0 Å². The predicted molar refractivity (Wildman–Crippen MR) is 80.3 cm³/mol. The van der Waals surface area contributed by atoms with Gasteiger partial charge in [0.05, 0.1) is 5.69 Å². The topological polar surface area (TPSA) is 84.2 Å². The van der Waals surface area contributed by atoms with Crippen LogP contribution >= 0.6 is 11.8 Å². The van der Waals surface area contributed by atoms with Crippen LogP contribution in [0.2, 0.25) is 0 Å². The second kappa shape index (κ2) is 8.06.